The van der Waals surface area contributed by atoms with Crippen LogP contribution < -0.4 is 15.6 Å². The molecule has 5 rings (SSSR count). The van der Waals surface area contributed by atoms with Crippen LogP contribution in [0.4, 0.5) is 5.13 Å². The molecule has 7 N–H and O–H groups in total. The summed E-state index contributed by atoms with van der Waals surface area (Å²) in [5, 5.41) is 44.1. The first-order valence-electron chi connectivity index (χ1n) is 14.3. The zero-order chi connectivity index (χ0) is 37.0. The fraction of sp³-hybridized carbons (Fsp3) is 0.276. The van der Waals surface area contributed by atoms with E-state index >= 15 is 0 Å². The normalized spacial score (nSPS) is 17.5. The van der Waals surface area contributed by atoms with Crippen LogP contribution in [-0.4, -0.2) is 123 Å². The number of oxime groups is 1. The lowest BCUT2D eigenvalue weighted by Crippen LogP contribution is -2.71. The largest absolute Gasteiger partial charge is 0.504 e. The topological polar surface area (TPSA) is 263 Å². The Bertz CT molecular complexity index is 1980. The van der Waals surface area contributed by atoms with Crippen LogP contribution in [0.2, 0.25) is 0 Å². The number of aromatic nitrogens is 2. The molecule has 2 aliphatic rings. The summed E-state index contributed by atoms with van der Waals surface area (Å²) in [4.78, 5) is 58.2. The number of carboxylic acids is 2. The Kier molecular flexibility index (Phi) is 11.4. The van der Waals surface area contributed by atoms with Gasteiger partial charge in [0.15, 0.2) is 47.0 Å². The third-order valence-electron chi connectivity index (χ3n) is 6.72. The number of aromatic hydroxyl groups is 2. The summed E-state index contributed by atoms with van der Waals surface area (Å²) in [5.74, 6) is -5.66. The molecule has 2 amide bonds. The number of carbonyl (C=O) groups is 4. The highest BCUT2D eigenvalue weighted by atomic mass is 32.2. The van der Waals surface area contributed by atoms with Crippen molar-refractivity contribution in [2.75, 3.05) is 45.1 Å². The highest BCUT2D eigenvalue weighted by molar-refractivity contribution is 8.00. The molecular weight excluding hydrogens is 719 g/mol. The van der Waals surface area contributed by atoms with Crippen molar-refractivity contribution >= 4 is 73.2 Å². The summed E-state index contributed by atoms with van der Waals surface area (Å²) >= 11 is 2.23. The molecule has 2 aliphatic heterocycles. The van der Waals surface area contributed by atoms with Crippen LogP contribution in [-0.2, 0) is 33.9 Å². The van der Waals surface area contributed by atoms with E-state index in [2.05, 4.69) is 15.5 Å². The first kappa shape index (κ1) is 37.6. The number of thioether (sulfide) groups is 1. The fourth-order valence-electron chi connectivity index (χ4n) is 4.52. The van der Waals surface area contributed by atoms with Gasteiger partial charge in [0, 0.05) is 23.6 Å². The Balaban J connectivity index is 0.000000627. The van der Waals surface area contributed by atoms with E-state index in [-0.39, 0.29) is 33.7 Å². The second-order valence-corrected chi connectivity index (χ2v) is 15.5. The van der Waals surface area contributed by atoms with E-state index in [9.17, 15) is 42.9 Å². The maximum atomic E-state index is 13.3. The molecule has 2 aromatic heterocycles. The van der Waals surface area contributed by atoms with Gasteiger partial charge in [-0.15, -0.1) is 23.1 Å². The second-order valence-electron chi connectivity index (χ2n) is 11.6. The summed E-state index contributed by atoms with van der Waals surface area (Å²) in [6, 6.07) is 6.94. The number of pyridine rings is 1. The SMILES string of the molecule is C[N+](C)(C)CC(=O)O.Nc1nc(/C(=N/OCS(=O)(=O)c2ccc(O)c(O)c2)C(=O)N[C@@H]2C(=O)N3C(C(=O)O)=C([n+]4ccccc4)CS[C@H]23)cs1. The Labute approximate surface area is 293 Å². The number of nitrogens with one attached hydrogen (secondary N) is 1. The van der Waals surface area contributed by atoms with Gasteiger partial charge in [-0.25, -0.2) is 23.0 Å². The van der Waals surface area contributed by atoms with E-state index in [1.807, 2.05) is 21.1 Å². The number of quaternary nitrogens is 1. The van der Waals surface area contributed by atoms with E-state index < -0.39 is 68.2 Å². The molecular formula is C29H33N7O11S3+2. The minimum atomic E-state index is -4.18. The quantitative estimate of drug-likeness (QED) is 0.0367. The molecule has 1 aromatic carbocycles. The van der Waals surface area contributed by atoms with Crippen LogP contribution in [0.1, 0.15) is 5.69 Å². The molecule has 0 spiro atoms. The van der Waals surface area contributed by atoms with Crippen molar-refractivity contribution in [1.82, 2.24) is 15.2 Å². The number of β-lactam (4-membered cyclic amide) rings is 1. The van der Waals surface area contributed by atoms with Crippen molar-refractivity contribution in [3.8, 4) is 11.5 Å². The molecule has 0 saturated carbocycles. The fourth-order valence-corrected chi connectivity index (χ4v) is 7.31. The minimum Gasteiger partial charge on any atom is -0.504 e. The van der Waals surface area contributed by atoms with Crippen LogP contribution in [0.25, 0.3) is 5.70 Å². The summed E-state index contributed by atoms with van der Waals surface area (Å²) in [7, 11) is 1.34. The average molecular weight is 752 g/mol. The van der Waals surface area contributed by atoms with E-state index in [1.165, 1.54) is 17.1 Å². The second kappa shape index (κ2) is 15.1. The predicted molar refractivity (Wildman–Crippen MR) is 179 cm³/mol. The number of phenolic OH excluding ortho intramolecular Hbond substituents is 2. The highest BCUT2D eigenvalue weighted by Crippen LogP contribution is 2.40. The number of thiazole rings is 1. The van der Waals surface area contributed by atoms with E-state index in [0.717, 1.165) is 34.4 Å². The van der Waals surface area contributed by atoms with Crippen LogP contribution in [0.5, 0.6) is 11.5 Å². The zero-order valence-electron chi connectivity index (χ0n) is 26.7. The lowest BCUT2D eigenvalue weighted by molar-refractivity contribution is -0.862. The first-order chi connectivity index (χ1) is 23.4. The van der Waals surface area contributed by atoms with Crippen LogP contribution in [0.3, 0.4) is 0 Å². The molecule has 2 atom stereocenters. The Morgan fingerprint density at radius 1 is 1.14 bits per heavy atom. The zero-order valence-corrected chi connectivity index (χ0v) is 29.1. The molecule has 266 valence electrons. The van der Waals surface area contributed by atoms with Gasteiger partial charge in [0.25, 0.3) is 11.8 Å². The standard InChI is InChI=1S/C24H20N6O9S3.C5H11NO2/c25-24-26-13(9-41-24)17(28-39-11-42(37,38)12-4-5-15(31)16(32)8-12)20(33)27-18-21(34)30-19(23(35)36)14(10-40-22(18)30)29-6-2-1-3-7-29;1-6(2,3)4-5(7)8/h1-9,18,22H,10-11H2,(H5-,25,26,27,28,31,32,33,35,36);4H2,1-3H3/p+2/t18-,22-;/m1./s1. The first-order valence-corrected chi connectivity index (χ1v) is 17.8. The number of hydrogen-bond donors (Lipinski definition) is 6. The van der Waals surface area contributed by atoms with Crippen molar-refractivity contribution < 1.29 is 61.9 Å². The number of likely N-dealkylation sites (N-methyl/N-ethyl adjacent to an activating group) is 1. The molecule has 0 aliphatic carbocycles. The predicted octanol–water partition coefficient (Wildman–Crippen LogP) is -0.293. The van der Waals surface area contributed by atoms with Crippen molar-refractivity contribution in [1.29, 1.82) is 0 Å². The number of amides is 2. The summed E-state index contributed by atoms with van der Waals surface area (Å²) < 4.78 is 27.3. The van der Waals surface area contributed by atoms with E-state index in [1.54, 1.807) is 35.2 Å². The van der Waals surface area contributed by atoms with Crippen LogP contribution in [0.15, 0.2) is 69.9 Å². The molecule has 3 aromatic rings. The van der Waals surface area contributed by atoms with Gasteiger partial charge in [-0.05, 0) is 12.1 Å². The van der Waals surface area contributed by atoms with Gasteiger partial charge in [-0.2, -0.15) is 4.57 Å². The lowest BCUT2D eigenvalue weighted by Gasteiger charge is -2.48. The van der Waals surface area contributed by atoms with Crippen LogP contribution in [0, 0.1) is 0 Å². The maximum absolute atomic E-state index is 13.3. The van der Waals surface area contributed by atoms with Gasteiger partial charge in [0.1, 0.15) is 17.1 Å². The number of aliphatic carboxylic acids is 2. The molecule has 0 unspecified atom stereocenters. The van der Waals surface area contributed by atoms with Crippen molar-refractivity contribution in [2.24, 2.45) is 5.16 Å². The van der Waals surface area contributed by atoms with E-state index in [0.29, 0.717) is 10.2 Å². The molecule has 1 fully saturated rings. The molecule has 4 heterocycles. The molecule has 50 heavy (non-hydrogen) atoms. The number of nitrogens with two attached hydrogens (primary N) is 1. The smallest absolute Gasteiger partial charge is 0.359 e. The number of fused-ring (bicyclic) bond motifs is 1. The number of phenols is 2. The molecule has 0 bridgehead atoms. The van der Waals surface area contributed by atoms with Gasteiger partial charge in [0.05, 0.1) is 31.8 Å². The molecule has 0 radical (unpaired) electrons. The number of nitrogens with zero attached hydrogens (tertiary/aromatic N) is 5. The minimum absolute atomic E-state index is 0.0523. The number of carbonyl (C=O) groups excluding carboxylic acids is 2. The summed E-state index contributed by atoms with van der Waals surface area (Å²) in [5.41, 5.74) is 5.33. The number of sulfone groups is 1. The Hall–Kier alpha value is -5.25. The number of anilines is 1. The lowest BCUT2D eigenvalue weighted by atomic mass is 10.0. The molecule has 21 heteroatoms. The van der Waals surface area contributed by atoms with Gasteiger partial charge in [-0.3, -0.25) is 14.5 Å². The number of benzene rings is 1. The van der Waals surface area contributed by atoms with Gasteiger partial charge in [-0.1, -0.05) is 11.2 Å². The number of rotatable bonds is 11. The Morgan fingerprint density at radius 2 is 1.82 bits per heavy atom. The molecule has 1 saturated heterocycles. The number of carboxylic acid groups (broad SMARTS) is 2. The van der Waals surface area contributed by atoms with E-state index in [4.69, 9.17) is 15.7 Å². The number of nitrogen functional groups attached to an aromatic ring is 1. The van der Waals surface area contributed by atoms with Crippen LogP contribution >= 0.6 is 23.1 Å². The van der Waals surface area contributed by atoms with Gasteiger partial charge < -0.3 is 40.8 Å². The monoisotopic (exact) mass is 751 g/mol. The highest BCUT2D eigenvalue weighted by Gasteiger charge is 2.56. The number of hydrogen-bond acceptors (Lipinski definition) is 14. The Morgan fingerprint density at radius 3 is 2.36 bits per heavy atom. The molecule has 18 nitrogen and oxygen atoms in total. The summed E-state index contributed by atoms with van der Waals surface area (Å²) in [6.07, 6.45) is 3.32. The van der Waals surface area contributed by atoms with Gasteiger partial charge in [0.2, 0.25) is 21.5 Å². The third kappa shape index (κ3) is 8.85. The third-order valence-corrected chi connectivity index (χ3v) is 10.0. The van der Waals surface area contributed by atoms with Crippen molar-refractivity contribution in [3.05, 3.63) is 65.6 Å². The summed E-state index contributed by atoms with van der Waals surface area (Å²) in [6.45, 7) is 0.181. The van der Waals surface area contributed by atoms with Crippen molar-refractivity contribution in [3.63, 3.8) is 0 Å². The average Bonchev–Trinajstić information content (AvgIpc) is 3.47. The maximum Gasteiger partial charge on any atom is 0.359 e. The van der Waals surface area contributed by atoms with Gasteiger partial charge >= 0.3 is 11.9 Å². The van der Waals surface area contributed by atoms with Crippen molar-refractivity contribution in [2.45, 2.75) is 16.3 Å².